The van der Waals surface area contributed by atoms with Crippen molar-refractivity contribution in [2.75, 3.05) is 95.6 Å². The molecule has 17 nitrogen and oxygen atoms in total. The van der Waals surface area contributed by atoms with Crippen LogP contribution in [-0.2, 0) is 33.6 Å². The van der Waals surface area contributed by atoms with Gasteiger partial charge in [0.1, 0.15) is 30.1 Å². The Balaban J connectivity index is 1.99. The van der Waals surface area contributed by atoms with Crippen LogP contribution in [0.15, 0.2) is 30.5 Å². The Morgan fingerprint density at radius 1 is 1.02 bits per heavy atom. The molecule has 2 heterocycles. The number of nitrogens with zero attached hydrogens (tertiary/aromatic N) is 6. The third-order valence-electron chi connectivity index (χ3n) is 9.67. The van der Waals surface area contributed by atoms with Crippen LogP contribution >= 0.6 is 56.9 Å². The number of nitrogens with one attached hydrogen (secondary N) is 3. The zero-order chi connectivity index (χ0) is 44.4. The topological polar surface area (TPSA) is 211 Å². The van der Waals surface area contributed by atoms with Crippen molar-refractivity contribution < 1.29 is 38.4 Å². The standard InChI is InChI=1S/C38H55N9O8S5/c1-24(19-56-6)45(3)37(54)30-23-60-59-20-25(18-44(2)32(49)12-13-39-14-15-48)36(53)47(5)31(22-57-7)38(55)58-21-29(34(51)41-17-33(50)46(30)4)43-35(52)28-16-40-26-10-8-9-11-27(26)42-28/h8-11,15-16,24-25,29-31,39H,12-14,17-23H2,1-7H3,(H,41,51)(H,43,52)/t24-,25?,29-,30?,31+/m1/s1. The normalized spacial score (nSPS) is 20.8. The van der Waals surface area contributed by atoms with Gasteiger partial charge in [0, 0.05) is 82.5 Å². The second kappa shape index (κ2) is 26.0. The van der Waals surface area contributed by atoms with Gasteiger partial charge in [0.2, 0.25) is 34.7 Å². The molecule has 3 N–H and O–H groups in total. The summed E-state index contributed by atoms with van der Waals surface area (Å²) >= 11 is 3.69. The molecule has 1 aromatic carbocycles. The van der Waals surface area contributed by atoms with E-state index in [-0.39, 0.29) is 78.5 Å². The SMILES string of the molecule is CSC[C@@H](C)N(C)C(=O)C1CSSCC(CN(C)C(=O)CCNCC=O)C(=O)N(C)[C@@H](CSC)C(=O)SC[C@@H](NC(=O)c2cnc3ccccc3n2)C(=O)NCC(=O)N1C. The van der Waals surface area contributed by atoms with Crippen molar-refractivity contribution in [3.05, 3.63) is 36.2 Å². The highest BCUT2D eigenvalue weighted by molar-refractivity contribution is 8.76. The minimum Gasteiger partial charge on any atom is -0.345 e. The first-order valence-corrected chi connectivity index (χ1v) is 25.3. The lowest BCUT2D eigenvalue weighted by atomic mass is 10.1. The monoisotopic (exact) mass is 925 g/mol. The predicted molar refractivity (Wildman–Crippen MR) is 243 cm³/mol. The molecule has 6 amide bonds. The number of rotatable bonds is 15. The van der Waals surface area contributed by atoms with Crippen LogP contribution in [0.1, 0.15) is 23.8 Å². The van der Waals surface area contributed by atoms with Gasteiger partial charge < -0.3 is 40.3 Å². The van der Waals surface area contributed by atoms with Crippen molar-refractivity contribution >= 4 is 115 Å². The lowest BCUT2D eigenvalue weighted by Gasteiger charge is -2.34. The highest BCUT2D eigenvalue weighted by Gasteiger charge is 2.36. The highest BCUT2D eigenvalue weighted by Crippen LogP contribution is 2.29. The number of carbonyl (C=O) groups is 8. The molecule has 1 fully saturated rings. The Morgan fingerprint density at radius 2 is 1.72 bits per heavy atom. The molecule has 3 rings (SSSR count). The third kappa shape index (κ3) is 15.1. The number of carbonyl (C=O) groups excluding carboxylic acids is 8. The lowest BCUT2D eigenvalue weighted by molar-refractivity contribution is -0.143. The summed E-state index contributed by atoms with van der Waals surface area (Å²) in [6.07, 6.45) is 5.80. The number of likely N-dealkylation sites (N-methyl/N-ethyl adjacent to an activating group) is 3. The maximum Gasteiger partial charge on any atom is 0.272 e. The second-order valence-corrected chi connectivity index (χ2v) is 19.4. The molecule has 0 spiro atoms. The number of aldehydes is 1. The fraction of sp³-hybridized carbons (Fsp3) is 0.579. The molecule has 2 unspecified atom stereocenters. The molecule has 0 aliphatic carbocycles. The van der Waals surface area contributed by atoms with Gasteiger partial charge in [0.15, 0.2) is 0 Å². The second-order valence-electron chi connectivity index (χ2n) is 14.0. The van der Waals surface area contributed by atoms with Gasteiger partial charge in [-0.25, -0.2) is 4.98 Å². The van der Waals surface area contributed by atoms with E-state index in [0.717, 1.165) is 11.8 Å². The Bertz CT molecular complexity index is 1830. The van der Waals surface area contributed by atoms with Crippen LogP contribution in [0.4, 0.5) is 0 Å². The van der Waals surface area contributed by atoms with Gasteiger partial charge in [0.05, 0.1) is 36.2 Å². The Kier molecular flexibility index (Phi) is 22.0. The third-order valence-corrected chi connectivity index (χ3v) is 14.7. The minimum absolute atomic E-state index is 0.0260. The largest absolute Gasteiger partial charge is 0.345 e. The van der Waals surface area contributed by atoms with E-state index in [4.69, 9.17) is 0 Å². The summed E-state index contributed by atoms with van der Waals surface area (Å²) in [6.45, 7) is 1.81. The van der Waals surface area contributed by atoms with Crippen molar-refractivity contribution in [3.63, 3.8) is 0 Å². The first-order valence-electron chi connectivity index (χ1n) is 19.0. The summed E-state index contributed by atoms with van der Waals surface area (Å²) < 4.78 is 0. The van der Waals surface area contributed by atoms with Crippen LogP contribution < -0.4 is 16.0 Å². The number of fused-ring (bicyclic) bond motifs is 1. The molecule has 330 valence electrons. The zero-order valence-corrected chi connectivity index (χ0v) is 39.0. The summed E-state index contributed by atoms with van der Waals surface area (Å²) in [5.41, 5.74) is 0.953. The highest BCUT2D eigenvalue weighted by atomic mass is 33.1. The van der Waals surface area contributed by atoms with Crippen LogP contribution in [-0.4, -0.2) is 196 Å². The molecule has 22 heteroatoms. The maximum atomic E-state index is 14.3. The Labute approximate surface area is 371 Å². The number of hydrogen-bond donors (Lipinski definition) is 3. The van der Waals surface area contributed by atoms with Crippen molar-refractivity contribution in [1.82, 2.24) is 45.5 Å². The van der Waals surface area contributed by atoms with E-state index >= 15 is 0 Å². The lowest BCUT2D eigenvalue weighted by Crippen LogP contribution is -2.55. The van der Waals surface area contributed by atoms with Crippen molar-refractivity contribution in [2.45, 2.75) is 37.5 Å². The number of benzene rings is 1. The average molecular weight is 926 g/mol. The maximum absolute atomic E-state index is 14.3. The first-order chi connectivity index (χ1) is 28.6. The van der Waals surface area contributed by atoms with Crippen LogP contribution in [0, 0.1) is 5.92 Å². The van der Waals surface area contributed by atoms with E-state index in [1.807, 2.05) is 13.2 Å². The van der Waals surface area contributed by atoms with E-state index in [1.54, 1.807) is 61.3 Å². The van der Waals surface area contributed by atoms with Gasteiger partial charge in [-0.05, 0) is 31.6 Å². The summed E-state index contributed by atoms with van der Waals surface area (Å²) in [7, 11) is 8.88. The van der Waals surface area contributed by atoms with E-state index in [9.17, 15) is 38.4 Å². The molecular weight excluding hydrogens is 871 g/mol. The Hall–Kier alpha value is -3.57. The quantitative estimate of drug-likeness (QED) is 0.129. The van der Waals surface area contributed by atoms with Crippen molar-refractivity contribution in [2.24, 2.45) is 5.92 Å². The zero-order valence-electron chi connectivity index (χ0n) is 34.9. The molecular formula is C38H55N9O8S5. The predicted octanol–water partition coefficient (Wildman–Crippen LogP) is 0.979. The van der Waals surface area contributed by atoms with E-state index in [0.29, 0.717) is 23.1 Å². The molecule has 1 aromatic heterocycles. The van der Waals surface area contributed by atoms with E-state index in [2.05, 4.69) is 25.9 Å². The molecule has 60 heavy (non-hydrogen) atoms. The molecule has 5 atom stereocenters. The minimum atomic E-state index is -1.33. The van der Waals surface area contributed by atoms with Crippen LogP contribution in [0.25, 0.3) is 11.0 Å². The van der Waals surface area contributed by atoms with Crippen LogP contribution in [0.5, 0.6) is 0 Å². The van der Waals surface area contributed by atoms with Gasteiger partial charge in [-0.3, -0.25) is 38.5 Å². The van der Waals surface area contributed by atoms with Gasteiger partial charge in [-0.1, -0.05) is 45.5 Å². The smallest absolute Gasteiger partial charge is 0.272 e. The molecule has 2 aromatic rings. The molecule has 1 aliphatic heterocycles. The van der Waals surface area contributed by atoms with Crippen molar-refractivity contribution in [3.8, 4) is 0 Å². The van der Waals surface area contributed by atoms with E-state index in [1.165, 1.54) is 68.3 Å². The number of thioether (sulfide) groups is 3. The fourth-order valence-corrected chi connectivity index (χ4v) is 10.9. The van der Waals surface area contributed by atoms with Gasteiger partial charge in [0.25, 0.3) is 5.91 Å². The molecule has 1 saturated heterocycles. The van der Waals surface area contributed by atoms with Gasteiger partial charge >= 0.3 is 0 Å². The first kappa shape index (κ1) is 50.8. The van der Waals surface area contributed by atoms with Crippen LogP contribution in [0.3, 0.4) is 0 Å². The Morgan fingerprint density at radius 3 is 2.40 bits per heavy atom. The number of para-hydroxylation sites is 2. The van der Waals surface area contributed by atoms with E-state index < -0.39 is 53.4 Å². The summed E-state index contributed by atoms with van der Waals surface area (Å²) in [4.78, 5) is 121. The van der Waals surface area contributed by atoms with Gasteiger partial charge in [-0.2, -0.15) is 23.5 Å². The number of hydrogen-bond acceptors (Lipinski definition) is 16. The fourth-order valence-electron chi connectivity index (χ4n) is 5.84. The average Bonchev–Trinajstić information content (AvgIpc) is 3.24. The molecule has 1 aliphatic rings. The summed E-state index contributed by atoms with van der Waals surface area (Å²) in [6, 6.07) is 3.60. The molecule has 0 bridgehead atoms. The van der Waals surface area contributed by atoms with Gasteiger partial charge in [-0.15, -0.1) is 0 Å². The summed E-state index contributed by atoms with van der Waals surface area (Å²) in [5.74, 6) is -2.78. The summed E-state index contributed by atoms with van der Waals surface area (Å²) in [5, 5.41) is 7.66. The molecule has 0 radical (unpaired) electrons. The van der Waals surface area contributed by atoms with Crippen LogP contribution in [0.2, 0.25) is 0 Å². The number of aromatic nitrogens is 2. The van der Waals surface area contributed by atoms with Crippen molar-refractivity contribution in [1.29, 1.82) is 0 Å². The molecule has 0 saturated carbocycles. The number of amides is 6.